The summed E-state index contributed by atoms with van der Waals surface area (Å²) < 4.78 is 26.5. The Hall–Kier alpha value is -3.40. The van der Waals surface area contributed by atoms with E-state index in [-0.39, 0.29) is 11.1 Å². The molecule has 2 aromatic rings. The SMILES string of the molecule is COc1ccc(C(=O)NNC(=O)COC(=O)c2cccc(CS(C)=O)c2)cc1OC. The maximum atomic E-state index is 12.1. The molecule has 160 valence electrons. The highest BCUT2D eigenvalue weighted by Crippen LogP contribution is 2.27. The van der Waals surface area contributed by atoms with Gasteiger partial charge in [-0.1, -0.05) is 12.1 Å². The first-order chi connectivity index (χ1) is 14.3. The van der Waals surface area contributed by atoms with Crippen molar-refractivity contribution in [3.8, 4) is 11.5 Å². The summed E-state index contributed by atoms with van der Waals surface area (Å²) in [4.78, 5) is 36.1. The summed E-state index contributed by atoms with van der Waals surface area (Å²) in [5.74, 6) is -0.887. The van der Waals surface area contributed by atoms with Crippen LogP contribution in [0.25, 0.3) is 0 Å². The van der Waals surface area contributed by atoms with E-state index in [0.717, 1.165) is 5.56 Å². The van der Waals surface area contributed by atoms with Gasteiger partial charge in [-0.05, 0) is 35.9 Å². The molecule has 0 fully saturated rings. The Balaban J connectivity index is 1.85. The topological polar surface area (TPSA) is 120 Å². The lowest BCUT2D eigenvalue weighted by atomic mass is 10.1. The van der Waals surface area contributed by atoms with Gasteiger partial charge >= 0.3 is 5.97 Å². The molecule has 0 saturated carbocycles. The molecule has 0 aliphatic heterocycles. The normalized spacial score (nSPS) is 11.2. The number of hydrogen-bond donors (Lipinski definition) is 2. The van der Waals surface area contributed by atoms with Gasteiger partial charge in [0.1, 0.15) is 0 Å². The van der Waals surface area contributed by atoms with Crippen LogP contribution in [0.1, 0.15) is 26.3 Å². The summed E-state index contributed by atoms with van der Waals surface area (Å²) in [5, 5.41) is 0. The smallest absolute Gasteiger partial charge is 0.338 e. The zero-order chi connectivity index (χ0) is 22.1. The van der Waals surface area contributed by atoms with Crippen molar-refractivity contribution in [2.24, 2.45) is 0 Å². The minimum atomic E-state index is -1.05. The van der Waals surface area contributed by atoms with Crippen LogP contribution in [0.3, 0.4) is 0 Å². The Kier molecular flexibility index (Phi) is 8.36. The van der Waals surface area contributed by atoms with Crippen molar-refractivity contribution in [1.29, 1.82) is 0 Å². The fourth-order valence-electron chi connectivity index (χ4n) is 2.45. The van der Waals surface area contributed by atoms with Crippen molar-refractivity contribution < 1.29 is 32.8 Å². The quantitative estimate of drug-likeness (QED) is 0.473. The monoisotopic (exact) mass is 434 g/mol. The molecule has 2 aromatic carbocycles. The van der Waals surface area contributed by atoms with Crippen molar-refractivity contribution in [2.75, 3.05) is 27.1 Å². The highest BCUT2D eigenvalue weighted by Gasteiger charge is 2.14. The largest absolute Gasteiger partial charge is 0.493 e. The van der Waals surface area contributed by atoms with Crippen LogP contribution in [0.15, 0.2) is 42.5 Å². The molecule has 30 heavy (non-hydrogen) atoms. The lowest BCUT2D eigenvalue weighted by Crippen LogP contribution is -2.43. The van der Waals surface area contributed by atoms with E-state index in [0.29, 0.717) is 17.3 Å². The number of rotatable bonds is 8. The number of methoxy groups -OCH3 is 2. The van der Waals surface area contributed by atoms with Gasteiger partial charge in [-0.2, -0.15) is 0 Å². The van der Waals surface area contributed by atoms with Gasteiger partial charge in [0.25, 0.3) is 11.8 Å². The molecule has 2 rings (SSSR count). The highest BCUT2D eigenvalue weighted by molar-refractivity contribution is 7.83. The summed E-state index contributed by atoms with van der Waals surface area (Å²) in [6.45, 7) is -0.588. The van der Waals surface area contributed by atoms with Gasteiger partial charge in [-0.25, -0.2) is 4.79 Å². The Morgan fingerprint density at radius 2 is 1.67 bits per heavy atom. The third kappa shape index (κ3) is 6.59. The van der Waals surface area contributed by atoms with Crippen LogP contribution >= 0.6 is 0 Å². The molecule has 0 spiro atoms. The van der Waals surface area contributed by atoms with E-state index < -0.39 is 35.2 Å². The molecule has 9 nitrogen and oxygen atoms in total. The maximum absolute atomic E-state index is 12.1. The van der Waals surface area contributed by atoms with E-state index in [1.165, 1.54) is 32.4 Å². The number of benzene rings is 2. The molecule has 0 aliphatic rings. The van der Waals surface area contributed by atoms with Gasteiger partial charge in [0.15, 0.2) is 18.1 Å². The van der Waals surface area contributed by atoms with Gasteiger partial charge in [0, 0.05) is 28.4 Å². The van der Waals surface area contributed by atoms with Crippen molar-refractivity contribution >= 4 is 28.6 Å². The van der Waals surface area contributed by atoms with E-state index in [1.54, 1.807) is 30.5 Å². The van der Waals surface area contributed by atoms with E-state index in [4.69, 9.17) is 14.2 Å². The highest BCUT2D eigenvalue weighted by atomic mass is 32.2. The molecule has 0 radical (unpaired) electrons. The predicted octanol–water partition coefficient (Wildman–Crippen LogP) is 1.20. The van der Waals surface area contributed by atoms with Gasteiger partial charge in [0.2, 0.25) is 0 Å². The van der Waals surface area contributed by atoms with Crippen LogP contribution in [0.2, 0.25) is 0 Å². The van der Waals surface area contributed by atoms with E-state index in [2.05, 4.69) is 10.9 Å². The molecule has 2 amide bonds. The van der Waals surface area contributed by atoms with Crippen LogP contribution in [0.4, 0.5) is 0 Å². The average molecular weight is 434 g/mol. The second-order valence-electron chi connectivity index (χ2n) is 6.07. The lowest BCUT2D eigenvalue weighted by Gasteiger charge is -2.11. The molecule has 10 heteroatoms. The molecule has 0 bridgehead atoms. The Morgan fingerprint density at radius 1 is 0.933 bits per heavy atom. The van der Waals surface area contributed by atoms with E-state index >= 15 is 0 Å². The summed E-state index contributed by atoms with van der Waals surface area (Å²) in [5.41, 5.74) is 5.57. The fraction of sp³-hybridized carbons (Fsp3) is 0.250. The number of hydrazine groups is 1. The molecule has 0 aliphatic carbocycles. The predicted molar refractivity (Wildman–Crippen MR) is 110 cm³/mol. The summed E-state index contributed by atoms with van der Waals surface area (Å²) in [7, 11) is 1.86. The molecular weight excluding hydrogens is 412 g/mol. The van der Waals surface area contributed by atoms with E-state index in [1.807, 2.05) is 0 Å². The van der Waals surface area contributed by atoms with Crippen LogP contribution in [0, 0.1) is 0 Å². The first-order valence-corrected chi connectivity index (χ1v) is 10.4. The standard InChI is InChI=1S/C20H22N2O7S/c1-27-16-8-7-14(10-17(16)28-2)19(24)22-21-18(23)11-29-20(25)15-6-4-5-13(9-15)12-30(3)26/h4-10H,11-12H2,1-3H3,(H,21,23)(H,22,24). The lowest BCUT2D eigenvalue weighted by molar-refractivity contribution is -0.125. The minimum absolute atomic E-state index is 0.232. The van der Waals surface area contributed by atoms with E-state index in [9.17, 15) is 18.6 Å². The van der Waals surface area contributed by atoms with Gasteiger partial charge in [-0.15, -0.1) is 0 Å². The van der Waals surface area contributed by atoms with Crippen molar-refractivity contribution in [3.05, 3.63) is 59.2 Å². The number of ether oxygens (including phenoxy) is 3. The first kappa shape index (κ1) is 22.9. The zero-order valence-electron chi connectivity index (χ0n) is 16.7. The second kappa shape index (κ2) is 11.0. The van der Waals surface area contributed by atoms with Gasteiger partial charge in [0.05, 0.1) is 19.8 Å². The number of carbonyl (C=O) groups is 3. The van der Waals surface area contributed by atoms with Crippen molar-refractivity contribution in [3.63, 3.8) is 0 Å². The Labute approximate surface area is 176 Å². The van der Waals surface area contributed by atoms with Crippen LogP contribution in [-0.4, -0.2) is 49.1 Å². The average Bonchev–Trinajstić information content (AvgIpc) is 2.74. The molecule has 1 atom stereocenters. The van der Waals surface area contributed by atoms with Crippen LogP contribution in [0.5, 0.6) is 11.5 Å². The zero-order valence-corrected chi connectivity index (χ0v) is 17.5. The number of hydrogen-bond acceptors (Lipinski definition) is 7. The molecule has 0 heterocycles. The third-order valence-electron chi connectivity index (χ3n) is 3.83. The van der Waals surface area contributed by atoms with Crippen LogP contribution < -0.4 is 20.3 Å². The van der Waals surface area contributed by atoms with Crippen molar-refractivity contribution in [1.82, 2.24) is 10.9 Å². The molecule has 0 aromatic heterocycles. The second-order valence-corrected chi connectivity index (χ2v) is 7.50. The third-order valence-corrected chi connectivity index (χ3v) is 4.57. The van der Waals surface area contributed by atoms with Gasteiger partial charge < -0.3 is 14.2 Å². The van der Waals surface area contributed by atoms with Crippen molar-refractivity contribution in [2.45, 2.75) is 5.75 Å². The molecule has 2 N–H and O–H groups in total. The molecular formula is C20H22N2O7S. The summed E-state index contributed by atoms with van der Waals surface area (Å²) >= 11 is 0. The Morgan fingerprint density at radius 3 is 2.33 bits per heavy atom. The number of carbonyl (C=O) groups excluding carboxylic acids is 3. The van der Waals surface area contributed by atoms with Gasteiger partial charge in [-0.3, -0.25) is 24.6 Å². The summed E-state index contributed by atoms with van der Waals surface area (Å²) in [6, 6.07) is 11.0. The molecule has 1 unspecified atom stereocenters. The minimum Gasteiger partial charge on any atom is -0.493 e. The Bertz CT molecular complexity index is 962. The number of amides is 2. The maximum Gasteiger partial charge on any atom is 0.338 e. The summed E-state index contributed by atoms with van der Waals surface area (Å²) in [6.07, 6.45) is 1.56. The fourth-order valence-corrected chi connectivity index (χ4v) is 3.10. The first-order valence-electron chi connectivity index (χ1n) is 8.71. The number of esters is 1. The number of nitrogens with one attached hydrogen (secondary N) is 2. The molecule has 0 saturated heterocycles. The van der Waals surface area contributed by atoms with Crippen LogP contribution in [-0.2, 0) is 26.1 Å².